The first-order valence-electron chi connectivity index (χ1n) is 7.86. The summed E-state index contributed by atoms with van der Waals surface area (Å²) in [6.07, 6.45) is 3.68. The van der Waals surface area contributed by atoms with Crippen LogP contribution in [0.15, 0.2) is 29.2 Å². The van der Waals surface area contributed by atoms with Crippen LogP contribution in [0.1, 0.15) is 49.9 Å². The van der Waals surface area contributed by atoms with E-state index in [2.05, 4.69) is 12.2 Å². The fourth-order valence-electron chi connectivity index (χ4n) is 2.69. The molecular formula is C16H24N2O3S. The van der Waals surface area contributed by atoms with Crippen LogP contribution in [-0.2, 0) is 10.0 Å². The van der Waals surface area contributed by atoms with E-state index in [9.17, 15) is 13.2 Å². The minimum Gasteiger partial charge on any atom is -0.350 e. The van der Waals surface area contributed by atoms with Gasteiger partial charge in [-0.2, -0.15) is 4.31 Å². The lowest BCUT2D eigenvalue weighted by Crippen LogP contribution is -2.32. The Bertz CT molecular complexity index is 622. The van der Waals surface area contributed by atoms with Gasteiger partial charge in [0.25, 0.3) is 5.91 Å². The van der Waals surface area contributed by atoms with Crippen LogP contribution in [0.25, 0.3) is 0 Å². The van der Waals surface area contributed by atoms with Gasteiger partial charge in [0.1, 0.15) is 0 Å². The predicted octanol–water partition coefficient (Wildman–Crippen LogP) is 2.39. The highest BCUT2D eigenvalue weighted by Crippen LogP contribution is 2.21. The number of amides is 1. The Kier molecular flexibility index (Phi) is 5.58. The number of sulfonamides is 1. The Morgan fingerprint density at radius 3 is 2.64 bits per heavy atom. The molecule has 0 spiro atoms. The molecule has 1 aromatic rings. The molecule has 1 aliphatic rings. The first-order chi connectivity index (χ1) is 10.4. The standard InChI is InChI=1S/C16H24N2O3S/c1-3-7-13(2)17-16(19)14-8-6-9-15(12-14)22(20,21)18-10-4-5-11-18/h6,8-9,12-13H,3-5,7,10-11H2,1-2H3,(H,17,19)/t13-/m0/s1. The molecule has 1 aromatic carbocycles. The first-order valence-corrected chi connectivity index (χ1v) is 9.30. The molecule has 0 saturated carbocycles. The Labute approximate surface area is 132 Å². The minimum atomic E-state index is -3.48. The Morgan fingerprint density at radius 2 is 2.00 bits per heavy atom. The maximum Gasteiger partial charge on any atom is 0.251 e. The largest absolute Gasteiger partial charge is 0.350 e. The molecule has 1 amide bonds. The zero-order valence-corrected chi connectivity index (χ0v) is 14.0. The van der Waals surface area contributed by atoms with Crippen molar-refractivity contribution in [2.75, 3.05) is 13.1 Å². The van der Waals surface area contributed by atoms with Crippen LogP contribution in [0.5, 0.6) is 0 Å². The van der Waals surface area contributed by atoms with E-state index in [1.165, 1.54) is 10.4 Å². The normalized spacial score (nSPS) is 17.4. The smallest absolute Gasteiger partial charge is 0.251 e. The maximum atomic E-state index is 12.5. The third-order valence-electron chi connectivity index (χ3n) is 3.90. The van der Waals surface area contributed by atoms with Crippen molar-refractivity contribution in [1.82, 2.24) is 9.62 Å². The summed E-state index contributed by atoms with van der Waals surface area (Å²) in [5.74, 6) is -0.223. The predicted molar refractivity (Wildman–Crippen MR) is 86.3 cm³/mol. The first kappa shape index (κ1) is 17.0. The SMILES string of the molecule is CCC[C@H](C)NC(=O)c1cccc(S(=O)(=O)N2CCCC2)c1. The van der Waals surface area contributed by atoms with E-state index in [1.54, 1.807) is 18.2 Å². The second kappa shape index (κ2) is 7.24. The van der Waals surface area contributed by atoms with Gasteiger partial charge in [-0.15, -0.1) is 0 Å². The minimum absolute atomic E-state index is 0.0799. The summed E-state index contributed by atoms with van der Waals surface area (Å²) >= 11 is 0. The molecule has 2 rings (SSSR count). The molecule has 1 fully saturated rings. The topological polar surface area (TPSA) is 66.5 Å². The van der Waals surface area contributed by atoms with Crippen LogP contribution < -0.4 is 5.32 Å². The summed E-state index contributed by atoms with van der Waals surface area (Å²) in [5, 5.41) is 2.90. The Morgan fingerprint density at radius 1 is 1.32 bits per heavy atom. The molecule has 122 valence electrons. The molecule has 0 radical (unpaired) electrons. The lowest BCUT2D eigenvalue weighted by Gasteiger charge is -2.16. The number of hydrogen-bond acceptors (Lipinski definition) is 3. The summed E-state index contributed by atoms with van der Waals surface area (Å²) in [6, 6.07) is 6.39. The van der Waals surface area contributed by atoms with Gasteiger partial charge in [-0.1, -0.05) is 19.4 Å². The number of carbonyl (C=O) groups excluding carboxylic acids is 1. The third-order valence-corrected chi connectivity index (χ3v) is 5.79. The number of rotatable bonds is 6. The second-order valence-corrected chi connectivity index (χ2v) is 7.74. The zero-order valence-electron chi connectivity index (χ0n) is 13.2. The van der Waals surface area contributed by atoms with Crippen molar-refractivity contribution in [1.29, 1.82) is 0 Å². The van der Waals surface area contributed by atoms with Crippen LogP contribution in [-0.4, -0.2) is 37.8 Å². The molecule has 1 N–H and O–H groups in total. The number of hydrogen-bond donors (Lipinski definition) is 1. The molecule has 6 heteroatoms. The Balaban J connectivity index is 2.17. The zero-order chi connectivity index (χ0) is 16.2. The van der Waals surface area contributed by atoms with Gasteiger partial charge in [-0.3, -0.25) is 4.79 Å². The van der Waals surface area contributed by atoms with E-state index in [4.69, 9.17) is 0 Å². The van der Waals surface area contributed by atoms with Gasteiger partial charge in [0.15, 0.2) is 0 Å². The molecule has 0 aliphatic carbocycles. The molecule has 0 bridgehead atoms. The average molecular weight is 324 g/mol. The van der Waals surface area contributed by atoms with E-state index >= 15 is 0 Å². The molecular weight excluding hydrogens is 300 g/mol. The lowest BCUT2D eigenvalue weighted by atomic mass is 10.1. The van der Waals surface area contributed by atoms with E-state index in [0.29, 0.717) is 18.7 Å². The van der Waals surface area contributed by atoms with E-state index in [1.807, 2.05) is 6.92 Å². The third kappa shape index (κ3) is 3.87. The molecule has 1 heterocycles. The Hall–Kier alpha value is -1.40. The fourth-order valence-corrected chi connectivity index (χ4v) is 4.25. The number of benzene rings is 1. The van der Waals surface area contributed by atoms with Crippen LogP contribution in [0.3, 0.4) is 0 Å². The summed E-state index contributed by atoms with van der Waals surface area (Å²) in [4.78, 5) is 12.4. The molecule has 0 aromatic heterocycles. The molecule has 1 saturated heterocycles. The van der Waals surface area contributed by atoms with Crippen molar-refractivity contribution in [3.63, 3.8) is 0 Å². The summed E-state index contributed by atoms with van der Waals surface area (Å²) < 4.78 is 26.5. The van der Waals surface area contributed by atoms with E-state index in [0.717, 1.165) is 25.7 Å². The van der Waals surface area contributed by atoms with Gasteiger partial charge < -0.3 is 5.32 Å². The average Bonchev–Trinajstić information content (AvgIpc) is 3.02. The van der Waals surface area contributed by atoms with Gasteiger partial charge in [0.2, 0.25) is 10.0 Å². The molecule has 0 unspecified atom stereocenters. The van der Waals surface area contributed by atoms with Crippen molar-refractivity contribution in [2.45, 2.75) is 50.5 Å². The molecule has 1 atom stereocenters. The number of nitrogens with one attached hydrogen (secondary N) is 1. The highest BCUT2D eigenvalue weighted by Gasteiger charge is 2.27. The lowest BCUT2D eigenvalue weighted by molar-refractivity contribution is 0.0938. The highest BCUT2D eigenvalue weighted by molar-refractivity contribution is 7.89. The fraction of sp³-hybridized carbons (Fsp3) is 0.562. The summed E-state index contributed by atoms with van der Waals surface area (Å²) in [7, 11) is -3.48. The van der Waals surface area contributed by atoms with Crippen LogP contribution in [0, 0.1) is 0 Å². The highest BCUT2D eigenvalue weighted by atomic mass is 32.2. The second-order valence-electron chi connectivity index (χ2n) is 5.80. The van der Waals surface area contributed by atoms with Gasteiger partial charge >= 0.3 is 0 Å². The summed E-state index contributed by atoms with van der Waals surface area (Å²) in [5.41, 5.74) is 0.392. The molecule has 22 heavy (non-hydrogen) atoms. The van der Waals surface area contributed by atoms with Crippen molar-refractivity contribution in [2.24, 2.45) is 0 Å². The summed E-state index contributed by atoms with van der Waals surface area (Å²) in [6.45, 7) is 5.14. The number of nitrogens with zero attached hydrogens (tertiary/aromatic N) is 1. The van der Waals surface area contributed by atoms with E-state index < -0.39 is 10.0 Å². The monoisotopic (exact) mass is 324 g/mol. The molecule has 1 aliphatic heterocycles. The molecule has 5 nitrogen and oxygen atoms in total. The number of carbonyl (C=O) groups is 1. The van der Waals surface area contributed by atoms with E-state index in [-0.39, 0.29) is 16.8 Å². The van der Waals surface area contributed by atoms with Crippen LogP contribution in [0.4, 0.5) is 0 Å². The van der Waals surface area contributed by atoms with Crippen molar-refractivity contribution < 1.29 is 13.2 Å². The quantitative estimate of drug-likeness (QED) is 0.874. The van der Waals surface area contributed by atoms with Gasteiger partial charge in [-0.25, -0.2) is 8.42 Å². The van der Waals surface area contributed by atoms with Crippen molar-refractivity contribution in [3.8, 4) is 0 Å². The van der Waals surface area contributed by atoms with Crippen LogP contribution >= 0.6 is 0 Å². The maximum absolute atomic E-state index is 12.5. The van der Waals surface area contributed by atoms with Gasteiger partial charge in [0, 0.05) is 24.7 Å². The van der Waals surface area contributed by atoms with Crippen LogP contribution in [0.2, 0.25) is 0 Å². The van der Waals surface area contributed by atoms with Gasteiger partial charge in [-0.05, 0) is 44.4 Å². The van der Waals surface area contributed by atoms with Crippen molar-refractivity contribution >= 4 is 15.9 Å². The van der Waals surface area contributed by atoms with Gasteiger partial charge in [0.05, 0.1) is 4.90 Å². The van der Waals surface area contributed by atoms with Crippen molar-refractivity contribution in [3.05, 3.63) is 29.8 Å².